The maximum atomic E-state index is 12.1. The molecule has 0 fully saturated rings. The van der Waals surface area contributed by atoms with Crippen LogP contribution in [0.4, 0.5) is 0 Å². The lowest BCUT2D eigenvalue weighted by Gasteiger charge is -2.23. The van der Waals surface area contributed by atoms with Gasteiger partial charge in [0, 0.05) is 23.6 Å². The lowest BCUT2D eigenvalue weighted by molar-refractivity contribution is -0.155. The molecule has 0 aliphatic carbocycles. The highest BCUT2D eigenvalue weighted by molar-refractivity contribution is 5.95. The molecule has 0 saturated carbocycles. The van der Waals surface area contributed by atoms with E-state index in [0.717, 1.165) is 45.8 Å². The van der Waals surface area contributed by atoms with Crippen molar-refractivity contribution >= 4 is 23.1 Å². The summed E-state index contributed by atoms with van der Waals surface area (Å²) in [5.41, 5.74) is 6.60. The van der Waals surface area contributed by atoms with E-state index < -0.39 is 23.8 Å². The van der Waals surface area contributed by atoms with Crippen LogP contribution < -0.4 is 4.74 Å². The number of carboxylic acid groups (broad SMARTS) is 2. The zero-order valence-electron chi connectivity index (χ0n) is 20.4. The normalized spacial score (nSPS) is 14.7. The van der Waals surface area contributed by atoms with Crippen LogP contribution in [-0.4, -0.2) is 36.7 Å². The Labute approximate surface area is 208 Å². The van der Waals surface area contributed by atoms with Crippen molar-refractivity contribution < 1.29 is 24.5 Å². The van der Waals surface area contributed by atoms with E-state index in [4.69, 9.17) is 14.7 Å². The fourth-order valence-corrected chi connectivity index (χ4v) is 5.17. The summed E-state index contributed by atoms with van der Waals surface area (Å²) in [5, 5.41) is 19.7. The molecule has 5 rings (SSSR count). The van der Waals surface area contributed by atoms with Crippen molar-refractivity contribution in [3.63, 3.8) is 0 Å². The zero-order chi connectivity index (χ0) is 25.6. The Balaban J connectivity index is 1.62. The molecule has 0 amide bonds. The van der Waals surface area contributed by atoms with Gasteiger partial charge in [-0.2, -0.15) is 0 Å². The van der Waals surface area contributed by atoms with Crippen LogP contribution in [0.1, 0.15) is 52.2 Å². The van der Waals surface area contributed by atoms with Gasteiger partial charge >= 0.3 is 11.9 Å². The number of imidazole rings is 1. The lowest BCUT2D eigenvalue weighted by Crippen LogP contribution is -2.31. The van der Waals surface area contributed by atoms with Gasteiger partial charge in [0.05, 0.1) is 6.54 Å². The van der Waals surface area contributed by atoms with Gasteiger partial charge in [0.1, 0.15) is 23.7 Å². The van der Waals surface area contributed by atoms with E-state index in [2.05, 4.69) is 11.5 Å². The number of carbonyl (C=O) groups is 2. The predicted octanol–water partition coefficient (Wildman–Crippen LogP) is 4.47. The van der Waals surface area contributed by atoms with Crippen LogP contribution in [0.25, 0.3) is 11.2 Å². The Bertz CT molecular complexity index is 1490. The molecule has 0 radical (unpaired) electrons. The van der Waals surface area contributed by atoms with Crippen LogP contribution >= 0.6 is 0 Å². The Kier molecular flexibility index (Phi) is 5.96. The van der Waals surface area contributed by atoms with Gasteiger partial charge in [0.15, 0.2) is 11.6 Å². The minimum Gasteiger partial charge on any atom is -0.489 e. The SMILES string of the molecule is CCc1nc2c(C)cc(C)nc2n1Cc1ccc2c(c1)OCc1ccccc1C2C(C(=O)O)C(=O)O. The van der Waals surface area contributed by atoms with E-state index >= 15 is 0 Å². The topological polar surface area (TPSA) is 115 Å². The number of nitrogens with zero attached hydrogens (tertiary/aromatic N) is 3. The first-order valence-electron chi connectivity index (χ1n) is 11.9. The zero-order valence-corrected chi connectivity index (χ0v) is 20.4. The second kappa shape index (κ2) is 9.11. The molecule has 8 nitrogen and oxygen atoms in total. The first-order chi connectivity index (χ1) is 17.3. The highest BCUT2D eigenvalue weighted by Gasteiger charge is 2.40. The second-order valence-electron chi connectivity index (χ2n) is 9.21. The number of hydrogen-bond acceptors (Lipinski definition) is 5. The van der Waals surface area contributed by atoms with Gasteiger partial charge in [-0.25, -0.2) is 9.97 Å². The van der Waals surface area contributed by atoms with Gasteiger partial charge in [-0.1, -0.05) is 43.3 Å². The quantitative estimate of drug-likeness (QED) is 0.387. The van der Waals surface area contributed by atoms with Gasteiger partial charge in [-0.3, -0.25) is 9.59 Å². The molecular weight excluding hydrogens is 458 g/mol. The molecular formula is C28H27N3O5. The third kappa shape index (κ3) is 3.98. The molecule has 0 bridgehead atoms. The third-order valence-electron chi connectivity index (χ3n) is 6.81. The molecule has 3 heterocycles. The van der Waals surface area contributed by atoms with Gasteiger partial charge < -0.3 is 19.5 Å². The van der Waals surface area contributed by atoms with Crippen LogP contribution in [-0.2, 0) is 29.2 Å². The number of ether oxygens (including phenoxy) is 1. The number of fused-ring (bicyclic) bond motifs is 3. The largest absolute Gasteiger partial charge is 0.489 e. The summed E-state index contributed by atoms with van der Waals surface area (Å²) in [6, 6.07) is 14.9. The summed E-state index contributed by atoms with van der Waals surface area (Å²) in [7, 11) is 0. The number of aryl methyl sites for hydroxylation is 3. The first-order valence-corrected chi connectivity index (χ1v) is 11.9. The average Bonchev–Trinajstić information content (AvgIpc) is 3.10. The molecule has 1 aliphatic heterocycles. The van der Waals surface area contributed by atoms with Crippen molar-refractivity contribution in [2.45, 2.75) is 46.3 Å². The van der Waals surface area contributed by atoms with Crippen LogP contribution in [0.5, 0.6) is 5.75 Å². The van der Waals surface area contributed by atoms with Crippen LogP contribution in [0, 0.1) is 19.8 Å². The highest BCUT2D eigenvalue weighted by atomic mass is 16.5. The number of aliphatic carboxylic acids is 2. The maximum Gasteiger partial charge on any atom is 0.318 e. The van der Waals surface area contributed by atoms with E-state index in [9.17, 15) is 19.8 Å². The molecule has 184 valence electrons. The summed E-state index contributed by atoms with van der Waals surface area (Å²) in [5.74, 6) is -3.87. The van der Waals surface area contributed by atoms with Crippen LogP contribution in [0.2, 0.25) is 0 Å². The van der Waals surface area contributed by atoms with Crippen LogP contribution in [0.3, 0.4) is 0 Å². The van der Waals surface area contributed by atoms with E-state index in [1.54, 1.807) is 18.2 Å². The van der Waals surface area contributed by atoms with E-state index in [1.165, 1.54) is 0 Å². The summed E-state index contributed by atoms with van der Waals surface area (Å²) >= 11 is 0. The van der Waals surface area contributed by atoms with E-state index in [1.807, 2.05) is 44.2 Å². The van der Waals surface area contributed by atoms with Gasteiger partial charge in [-0.15, -0.1) is 0 Å². The van der Waals surface area contributed by atoms with E-state index in [0.29, 0.717) is 23.4 Å². The average molecular weight is 486 g/mol. The van der Waals surface area contributed by atoms with Gasteiger partial charge in [0.2, 0.25) is 0 Å². The van der Waals surface area contributed by atoms with Crippen molar-refractivity contribution in [1.29, 1.82) is 0 Å². The Morgan fingerprint density at radius 2 is 1.81 bits per heavy atom. The molecule has 0 spiro atoms. The fourth-order valence-electron chi connectivity index (χ4n) is 5.17. The molecule has 8 heteroatoms. The molecule has 2 N–H and O–H groups in total. The highest BCUT2D eigenvalue weighted by Crippen LogP contribution is 2.42. The molecule has 2 aromatic heterocycles. The van der Waals surface area contributed by atoms with Crippen molar-refractivity contribution in [3.8, 4) is 5.75 Å². The molecule has 4 aromatic rings. The minimum atomic E-state index is -1.64. The Morgan fingerprint density at radius 1 is 1.06 bits per heavy atom. The van der Waals surface area contributed by atoms with Crippen molar-refractivity contribution in [2.24, 2.45) is 5.92 Å². The monoisotopic (exact) mass is 485 g/mol. The molecule has 2 aromatic carbocycles. The third-order valence-corrected chi connectivity index (χ3v) is 6.81. The Morgan fingerprint density at radius 3 is 2.53 bits per heavy atom. The number of carboxylic acids is 2. The number of aromatic nitrogens is 3. The maximum absolute atomic E-state index is 12.1. The molecule has 1 aliphatic rings. The summed E-state index contributed by atoms with van der Waals surface area (Å²) in [4.78, 5) is 33.7. The fraction of sp³-hybridized carbons (Fsp3) is 0.286. The standard InChI is InChI=1S/C28H27N3O5/c1-4-22-30-25-15(2)11-16(3)29-26(25)31(22)13-17-9-10-20-21(12-17)36-14-18-7-5-6-8-19(18)23(20)24(27(32)33)28(34)35/h5-12,23-24H,4,13-14H2,1-3H3,(H,32,33)(H,34,35). The smallest absolute Gasteiger partial charge is 0.318 e. The first kappa shape index (κ1) is 23.5. The summed E-state index contributed by atoms with van der Waals surface area (Å²) in [6.45, 7) is 6.78. The number of pyridine rings is 1. The van der Waals surface area contributed by atoms with Gasteiger partial charge in [-0.05, 0) is 48.2 Å². The second-order valence-corrected chi connectivity index (χ2v) is 9.21. The summed E-state index contributed by atoms with van der Waals surface area (Å²) < 4.78 is 8.23. The number of rotatable bonds is 6. The molecule has 1 unspecified atom stereocenters. The molecule has 36 heavy (non-hydrogen) atoms. The van der Waals surface area contributed by atoms with Crippen molar-refractivity contribution in [2.75, 3.05) is 0 Å². The van der Waals surface area contributed by atoms with Crippen molar-refractivity contribution in [1.82, 2.24) is 14.5 Å². The van der Waals surface area contributed by atoms with Gasteiger partial charge in [0.25, 0.3) is 0 Å². The number of benzene rings is 2. The van der Waals surface area contributed by atoms with E-state index in [-0.39, 0.29) is 6.61 Å². The number of hydrogen-bond donors (Lipinski definition) is 2. The minimum absolute atomic E-state index is 0.225. The summed E-state index contributed by atoms with van der Waals surface area (Å²) in [6.07, 6.45) is 0.743. The predicted molar refractivity (Wildman–Crippen MR) is 133 cm³/mol. The molecule has 1 atom stereocenters. The van der Waals surface area contributed by atoms with Crippen LogP contribution in [0.15, 0.2) is 48.5 Å². The lowest BCUT2D eigenvalue weighted by atomic mass is 9.78. The van der Waals surface area contributed by atoms with Crippen molar-refractivity contribution in [3.05, 3.63) is 87.9 Å². The Hall–Kier alpha value is -4.20. The molecule has 0 saturated heterocycles.